The van der Waals surface area contributed by atoms with E-state index in [9.17, 15) is 4.79 Å². The van der Waals surface area contributed by atoms with Gasteiger partial charge in [0.05, 0.1) is 25.2 Å². The first kappa shape index (κ1) is 23.9. The molecule has 7 heteroatoms. The van der Waals surface area contributed by atoms with Gasteiger partial charge in [0.15, 0.2) is 16.7 Å². The maximum atomic E-state index is 12.3. The van der Waals surface area contributed by atoms with Crippen LogP contribution in [0.3, 0.4) is 0 Å². The Morgan fingerprint density at radius 2 is 1.84 bits per heavy atom. The number of amides is 1. The molecule has 2 aromatic rings. The van der Waals surface area contributed by atoms with Crippen molar-refractivity contribution in [2.24, 2.45) is 10.2 Å². The number of benzene rings is 2. The lowest BCUT2D eigenvalue weighted by molar-refractivity contribution is -0.118. The molecule has 0 unspecified atom stereocenters. The summed E-state index contributed by atoms with van der Waals surface area (Å²) in [6.07, 6.45) is 6.72. The van der Waals surface area contributed by atoms with Crippen molar-refractivity contribution in [3.63, 3.8) is 0 Å². The van der Waals surface area contributed by atoms with Crippen molar-refractivity contribution >= 4 is 29.1 Å². The van der Waals surface area contributed by atoms with Crippen LogP contribution in [0.5, 0.6) is 11.5 Å². The van der Waals surface area contributed by atoms with Gasteiger partial charge in [0.1, 0.15) is 0 Å². The van der Waals surface area contributed by atoms with Gasteiger partial charge in [-0.05, 0) is 60.6 Å². The van der Waals surface area contributed by atoms with Crippen LogP contribution in [-0.4, -0.2) is 36.3 Å². The zero-order valence-electron chi connectivity index (χ0n) is 19.0. The Kier molecular flexibility index (Phi) is 9.16. The van der Waals surface area contributed by atoms with Crippen molar-refractivity contribution < 1.29 is 14.3 Å². The fourth-order valence-corrected chi connectivity index (χ4v) is 4.23. The third-order valence-electron chi connectivity index (χ3n) is 5.04. The molecule has 1 fully saturated rings. The highest BCUT2D eigenvalue weighted by Crippen LogP contribution is 2.28. The maximum absolute atomic E-state index is 12.3. The van der Waals surface area contributed by atoms with E-state index >= 15 is 0 Å². The van der Waals surface area contributed by atoms with Gasteiger partial charge in [0.2, 0.25) is 5.91 Å². The first-order valence-corrected chi connectivity index (χ1v) is 12.0. The van der Waals surface area contributed by atoms with Crippen LogP contribution in [-0.2, 0) is 17.6 Å². The van der Waals surface area contributed by atoms with Gasteiger partial charge < -0.3 is 14.8 Å². The van der Waals surface area contributed by atoms with E-state index < -0.39 is 0 Å². The van der Waals surface area contributed by atoms with Crippen LogP contribution in [0.2, 0.25) is 0 Å². The normalized spacial score (nSPS) is 17.2. The van der Waals surface area contributed by atoms with Crippen LogP contribution < -0.4 is 14.8 Å². The smallest absolute Gasteiger partial charge is 0.239 e. The molecule has 170 valence electrons. The molecule has 1 aliphatic heterocycles. The molecule has 1 heterocycles. The fraction of sp³-hybridized carbons (Fsp3) is 0.400. The molecule has 0 saturated carbocycles. The predicted molar refractivity (Wildman–Crippen MR) is 132 cm³/mol. The van der Waals surface area contributed by atoms with Crippen LogP contribution in [0.1, 0.15) is 49.8 Å². The van der Waals surface area contributed by atoms with Gasteiger partial charge in [-0.1, -0.05) is 56.3 Å². The Balaban J connectivity index is 1.57. The molecule has 0 spiro atoms. The second kappa shape index (κ2) is 12.3. The summed E-state index contributed by atoms with van der Waals surface area (Å²) in [5.74, 6) is 1.33. The number of nitrogens with zero attached hydrogens (tertiary/aromatic N) is 2. The minimum atomic E-state index is -0.194. The van der Waals surface area contributed by atoms with Crippen molar-refractivity contribution in [3.05, 3.63) is 59.2 Å². The highest BCUT2D eigenvalue weighted by Gasteiger charge is 2.30. The van der Waals surface area contributed by atoms with Crippen molar-refractivity contribution in [1.29, 1.82) is 0 Å². The topological polar surface area (TPSA) is 72.3 Å². The van der Waals surface area contributed by atoms with Gasteiger partial charge in [-0.2, -0.15) is 5.10 Å². The van der Waals surface area contributed by atoms with E-state index in [1.165, 1.54) is 30.2 Å². The molecule has 3 rings (SSSR count). The first-order chi connectivity index (χ1) is 15.6. The number of nitrogens with one attached hydrogen (secondary N) is 1. The van der Waals surface area contributed by atoms with E-state index in [4.69, 9.17) is 9.47 Å². The number of methoxy groups -OCH3 is 1. The number of hydrogen-bond acceptors (Lipinski definition) is 6. The Bertz CT molecular complexity index is 957. The van der Waals surface area contributed by atoms with Crippen molar-refractivity contribution in [2.45, 2.75) is 51.2 Å². The number of amidine groups is 1. The molecular formula is C25H31N3O3S. The minimum absolute atomic E-state index is 0.0295. The summed E-state index contributed by atoms with van der Waals surface area (Å²) in [4.78, 5) is 12.3. The molecule has 1 amide bonds. The van der Waals surface area contributed by atoms with Crippen LogP contribution in [0, 0.1) is 0 Å². The third-order valence-corrected chi connectivity index (χ3v) is 6.12. The number of hydrogen-bond donors (Lipinski definition) is 1. The number of carbonyl (C=O) groups is 1. The monoisotopic (exact) mass is 453 g/mol. The quantitative estimate of drug-likeness (QED) is 0.384. The van der Waals surface area contributed by atoms with E-state index in [0.29, 0.717) is 29.7 Å². The number of carbonyl (C=O) groups excluding carboxylic acids is 1. The summed E-state index contributed by atoms with van der Waals surface area (Å²) < 4.78 is 11.1. The van der Waals surface area contributed by atoms with Crippen LogP contribution >= 0.6 is 11.8 Å². The largest absolute Gasteiger partial charge is 0.493 e. The van der Waals surface area contributed by atoms with Gasteiger partial charge in [-0.15, -0.1) is 5.10 Å². The second-order valence-corrected chi connectivity index (χ2v) is 8.82. The molecule has 1 atom stereocenters. The van der Waals surface area contributed by atoms with Crippen molar-refractivity contribution in [3.8, 4) is 11.5 Å². The standard InChI is InChI=1S/C25H31N3O3S/c1-4-6-7-18-8-10-19(11-9-18)16-23-24(29)27-25(32-23)28-26-17-20-12-13-21(31-14-5-2)22(15-20)30-3/h8-13,15,17,23H,4-7,14,16H2,1-3H3,(H,27,28,29)/b26-17-/t23-/m0/s1. The molecule has 1 saturated heterocycles. The van der Waals surface area contributed by atoms with Crippen LogP contribution in [0.15, 0.2) is 52.7 Å². The Morgan fingerprint density at radius 3 is 2.56 bits per heavy atom. The van der Waals surface area contributed by atoms with E-state index in [2.05, 4.69) is 53.6 Å². The van der Waals surface area contributed by atoms with Gasteiger partial charge in [-0.3, -0.25) is 4.79 Å². The SMILES string of the molecule is CCCCc1ccc(C[C@@H]2S/C(=N\N=C/c3ccc(OCCC)c(OC)c3)NC2=O)cc1. The van der Waals surface area contributed by atoms with Crippen LogP contribution in [0.25, 0.3) is 0 Å². The van der Waals surface area contributed by atoms with Gasteiger partial charge >= 0.3 is 0 Å². The van der Waals surface area contributed by atoms with E-state index in [0.717, 1.165) is 24.0 Å². The van der Waals surface area contributed by atoms with Gasteiger partial charge in [0.25, 0.3) is 0 Å². The zero-order valence-corrected chi connectivity index (χ0v) is 19.8. The number of unbranched alkanes of at least 4 members (excludes halogenated alkanes) is 1. The Hall–Kier alpha value is -2.80. The molecule has 2 aromatic carbocycles. The molecule has 6 nitrogen and oxygen atoms in total. The molecule has 0 bridgehead atoms. The summed E-state index contributed by atoms with van der Waals surface area (Å²) >= 11 is 1.42. The van der Waals surface area contributed by atoms with E-state index in [-0.39, 0.29) is 11.2 Å². The summed E-state index contributed by atoms with van der Waals surface area (Å²) in [5, 5.41) is 11.5. The second-order valence-electron chi connectivity index (χ2n) is 7.63. The molecule has 32 heavy (non-hydrogen) atoms. The fourth-order valence-electron chi connectivity index (χ4n) is 3.27. The van der Waals surface area contributed by atoms with Crippen molar-refractivity contribution in [1.82, 2.24) is 5.32 Å². The summed E-state index contributed by atoms with van der Waals surface area (Å²) in [6.45, 7) is 4.89. The highest BCUT2D eigenvalue weighted by molar-refractivity contribution is 8.15. The number of rotatable bonds is 11. The number of thioether (sulfide) groups is 1. The summed E-state index contributed by atoms with van der Waals surface area (Å²) in [6, 6.07) is 14.2. The highest BCUT2D eigenvalue weighted by atomic mass is 32.2. The van der Waals surface area contributed by atoms with Gasteiger partial charge in [0, 0.05) is 0 Å². The van der Waals surface area contributed by atoms with Gasteiger partial charge in [-0.25, -0.2) is 0 Å². The minimum Gasteiger partial charge on any atom is -0.493 e. The molecule has 1 aliphatic rings. The number of ether oxygens (including phenoxy) is 2. The predicted octanol–water partition coefficient (Wildman–Crippen LogP) is 4.99. The lowest BCUT2D eigenvalue weighted by Crippen LogP contribution is -2.25. The van der Waals surface area contributed by atoms with Crippen molar-refractivity contribution in [2.75, 3.05) is 13.7 Å². The summed E-state index contributed by atoms with van der Waals surface area (Å²) in [7, 11) is 1.61. The average Bonchev–Trinajstić information content (AvgIpc) is 3.16. The first-order valence-electron chi connectivity index (χ1n) is 11.1. The average molecular weight is 454 g/mol. The molecule has 1 N–H and O–H groups in total. The summed E-state index contributed by atoms with van der Waals surface area (Å²) in [5.41, 5.74) is 3.33. The lowest BCUT2D eigenvalue weighted by atomic mass is 10.0. The lowest BCUT2D eigenvalue weighted by Gasteiger charge is -2.10. The van der Waals surface area contributed by atoms with Crippen LogP contribution in [0.4, 0.5) is 0 Å². The Morgan fingerprint density at radius 1 is 1.06 bits per heavy atom. The number of aryl methyl sites for hydroxylation is 1. The third kappa shape index (κ3) is 6.85. The Labute approximate surface area is 194 Å². The molecular weight excluding hydrogens is 422 g/mol. The maximum Gasteiger partial charge on any atom is 0.239 e. The molecule has 0 aromatic heterocycles. The van der Waals surface area contributed by atoms with E-state index in [1.54, 1.807) is 13.3 Å². The van der Waals surface area contributed by atoms with E-state index in [1.807, 2.05) is 18.2 Å². The molecule has 0 aliphatic carbocycles. The molecule has 0 radical (unpaired) electrons. The zero-order chi connectivity index (χ0) is 22.8.